The number of halogens is 4. The Balaban J connectivity index is 4.13. The van der Waals surface area contributed by atoms with E-state index in [0.29, 0.717) is 6.42 Å². The van der Waals surface area contributed by atoms with Crippen molar-refractivity contribution < 1.29 is 27.1 Å². The Morgan fingerprint density at radius 1 is 1.30 bits per heavy atom. The highest BCUT2D eigenvalue weighted by molar-refractivity contribution is 8.00. The molecule has 0 aromatic carbocycles. The third kappa shape index (κ3) is 7.97. The minimum absolute atomic E-state index is 0.0584. The van der Waals surface area contributed by atoms with Crippen LogP contribution in [-0.2, 0) is 9.53 Å². The van der Waals surface area contributed by atoms with Crippen molar-refractivity contribution in [2.75, 3.05) is 5.75 Å². The highest BCUT2D eigenvalue weighted by atomic mass is 32.2. The number of esters is 1. The Kier molecular flexibility index (Phi) is 9.25. The van der Waals surface area contributed by atoms with E-state index >= 15 is 0 Å². The summed E-state index contributed by atoms with van der Waals surface area (Å²) in [6, 6.07) is 0. The van der Waals surface area contributed by atoms with Gasteiger partial charge in [0.2, 0.25) is 0 Å². The zero-order chi connectivity index (χ0) is 15.8. The summed E-state index contributed by atoms with van der Waals surface area (Å²) in [6.07, 6.45) is -3.44. The summed E-state index contributed by atoms with van der Waals surface area (Å²) in [4.78, 5) is 11.7. The molecule has 0 aliphatic heterocycles. The van der Waals surface area contributed by atoms with Crippen LogP contribution >= 0.6 is 11.8 Å². The van der Waals surface area contributed by atoms with Crippen molar-refractivity contribution in [1.29, 1.82) is 0 Å². The van der Waals surface area contributed by atoms with Gasteiger partial charge in [0.15, 0.2) is 0 Å². The normalized spacial score (nSPS) is 13.8. The van der Waals surface area contributed by atoms with Gasteiger partial charge in [-0.15, -0.1) is 11.8 Å². The number of ether oxygens (including phenoxy) is 1. The third-order valence-electron chi connectivity index (χ3n) is 2.46. The average Bonchev–Trinajstić information content (AvgIpc) is 2.31. The van der Waals surface area contributed by atoms with Crippen LogP contribution < -0.4 is 0 Å². The molecule has 1 unspecified atom stereocenters. The highest BCUT2D eigenvalue weighted by Crippen LogP contribution is 2.29. The molecule has 0 rings (SSSR count). The zero-order valence-electron chi connectivity index (χ0n) is 12.0. The van der Waals surface area contributed by atoms with Crippen molar-refractivity contribution in [3.8, 4) is 0 Å². The Bertz CT molecular complexity index is 286. The van der Waals surface area contributed by atoms with Crippen LogP contribution in [0.2, 0.25) is 0 Å². The van der Waals surface area contributed by atoms with E-state index in [-0.39, 0.29) is 24.2 Å². The van der Waals surface area contributed by atoms with Crippen LogP contribution in [0, 0.1) is 0 Å². The van der Waals surface area contributed by atoms with E-state index in [1.807, 2.05) is 6.92 Å². The second-order valence-electron chi connectivity index (χ2n) is 4.80. The van der Waals surface area contributed by atoms with Crippen LogP contribution in [0.25, 0.3) is 0 Å². The van der Waals surface area contributed by atoms with Gasteiger partial charge in [-0.2, -0.15) is 0 Å². The molecule has 0 aromatic heterocycles. The zero-order valence-corrected chi connectivity index (χ0v) is 12.8. The molecule has 0 aliphatic carbocycles. The minimum Gasteiger partial charge on any atom is -0.462 e. The van der Waals surface area contributed by atoms with Gasteiger partial charge >= 0.3 is 18.3 Å². The second-order valence-corrected chi connectivity index (χ2v) is 6.11. The number of carbonyl (C=O) groups excluding carboxylic acids is 1. The SMILES string of the molecule is CCCC(SCCCC(F)(F)C(F)F)C(=O)OC(C)C. The monoisotopic (exact) mass is 318 g/mol. The van der Waals surface area contributed by atoms with Crippen molar-refractivity contribution in [3.63, 3.8) is 0 Å². The molecule has 0 N–H and O–H groups in total. The molecule has 0 aromatic rings. The Morgan fingerprint density at radius 3 is 2.35 bits per heavy atom. The van der Waals surface area contributed by atoms with Gasteiger partial charge in [-0.1, -0.05) is 13.3 Å². The molecule has 0 heterocycles. The van der Waals surface area contributed by atoms with E-state index in [0.717, 1.165) is 6.42 Å². The van der Waals surface area contributed by atoms with Crippen molar-refractivity contribution >= 4 is 17.7 Å². The van der Waals surface area contributed by atoms with E-state index < -0.39 is 24.0 Å². The number of rotatable bonds is 10. The summed E-state index contributed by atoms with van der Waals surface area (Å²) in [5, 5.41) is -0.414. The first kappa shape index (κ1) is 19.5. The van der Waals surface area contributed by atoms with Crippen LogP contribution in [0.5, 0.6) is 0 Å². The number of alkyl halides is 4. The first-order valence-corrected chi connectivity index (χ1v) is 7.73. The van der Waals surface area contributed by atoms with E-state index in [9.17, 15) is 22.4 Å². The fourth-order valence-corrected chi connectivity index (χ4v) is 2.67. The topological polar surface area (TPSA) is 26.3 Å². The predicted octanol–water partition coefficient (Wildman–Crippen LogP) is 4.52. The summed E-state index contributed by atoms with van der Waals surface area (Å²) in [5.41, 5.74) is 0. The number of carbonyl (C=O) groups is 1. The first-order chi connectivity index (χ1) is 9.20. The lowest BCUT2D eigenvalue weighted by atomic mass is 10.2. The van der Waals surface area contributed by atoms with Gasteiger partial charge in [-0.25, -0.2) is 17.6 Å². The van der Waals surface area contributed by atoms with Crippen LogP contribution in [0.1, 0.15) is 46.5 Å². The van der Waals surface area contributed by atoms with Crippen LogP contribution in [0.15, 0.2) is 0 Å². The quantitative estimate of drug-likeness (QED) is 0.336. The maximum Gasteiger partial charge on any atom is 0.319 e. The summed E-state index contributed by atoms with van der Waals surface area (Å²) < 4.78 is 54.4. The van der Waals surface area contributed by atoms with Gasteiger partial charge < -0.3 is 4.74 Å². The number of thioether (sulfide) groups is 1. The van der Waals surface area contributed by atoms with Crippen molar-refractivity contribution in [1.82, 2.24) is 0 Å². The molecule has 0 fully saturated rings. The molecule has 20 heavy (non-hydrogen) atoms. The lowest BCUT2D eigenvalue weighted by molar-refractivity contribution is -0.146. The Labute approximate surface area is 121 Å². The predicted molar refractivity (Wildman–Crippen MR) is 72.6 cm³/mol. The maximum absolute atomic E-state index is 12.7. The molecule has 120 valence electrons. The van der Waals surface area contributed by atoms with Crippen LogP contribution in [0.3, 0.4) is 0 Å². The van der Waals surface area contributed by atoms with Crippen molar-refractivity contribution in [2.45, 2.75) is 70.2 Å². The van der Waals surface area contributed by atoms with Gasteiger partial charge in [0.05, 0.1) is 6.10 Å². The average molecular weight is 318 g/mol. The van der Waals surface area contributed by atoms with E-state index in [1.54, 1.807) is 13.8 Å². The van der Waals surface area contributed by atoms with Gasteiger partial charge in [-0.3, -0.25) is 4.79 Å². The molecular formula is C13H22F4O2S. The molecule has 0 bridgehead atoms. The summed E-state index contributed by atoms with van der Waals surface area (Å²) >= 11 is 1.20. The molecule has 0 radical (unpaired) electrons. The van der Waals surface area contributed by atoms with Gasteiger partial charge in [0.25, 0.3) is 0 Å². The van der Waals surface area contributed by atoms with E-state index in [1.165, 1.54) is 11.8 Å². The molecule has 0 spiro atoms. The minimum atomic E-state index is -3.95. The third-order valence-corrected chi connectivity index (χ3v) is 3.81. The molecule has 0 saturated heterocycles. The summed E-state index contributed by atoms with van der Waals surface area (Å²) in [6.45, 7) is 5.37. The van der Waals surface area contributed by atoms with Crippen molar-refractivity contribution in [3.05, 3.63) is 0 Å². The molecule has 0 saturated carbocycles. The smallest absolute Gasteiger partial charge is 0.319 e. The first-order valence-electron chi connectivity index (χ1n) is 6.68. The molecular weight excluding hydrogens is 296 g/mol. The van der Waals surface area contributed by atoms with Crippen LogP contribution in [-0.4, -0.2) is 35.4 Å². The molecule has 0 aliphatic rings. The Hall–Kier alpha value is -0.460. The van der Waals surface area contributed by atoms with Gasteiger partial charge in [0.1, 0.15) is 5.25 Å². The fourth-order valence-electron chi connectivity index (χ4n) is 1.48. The Morgan fingerprint density at radius 2 is 1.90 bits per heavy atom. The van der Waals surface area contributed by atoms with Gasteiger partial charge in [-0.05, 0) is 32.4 Å². The summed E-state index contributed by atoms with van der Waals surface area (Å²) in [7, 11) is 0. The van der Waals surface area contributed by atoms with E-state index in [2.05, 4.69) is 0 Å². The standard InChI is InChI=1S/C13H22F4O2S/c1-4-6-10(11(18)19-9(2)3)20-8-5-7-13(16,17)12(14)15/h9-10,12H,4-8H2,1-3H3. The number of hydrogen-bond acceptors (Lipinski definition) is 3. The van der Waals surface area contributed by atoms with Gasteiger partial charge in [0, 0.05) is 6.42 Å². The molecule has 2 nitrogen and oxygen atoms in total. The van der Waals surface area contributed by atoms with E-state index in [4.69, 9.17) is 4.74 Å². The second kappa shape index (κ2) is 9.47. The fraction of sp³-hybridized carbons (Fsp3) is 0.923. The lowest BCUT2D eigenvalue weighted by Crippen LogP contribution is -2.27. The summed E-state index contributed by atoms with van der Waals surface area (Å²) in [5.74, 6) is -4.08. The highest BCUT2D eigenvalue weighted by Gasteiger charge is 2.39. The molecule has 1 atom stereocenters. The van der Waals surface area contributed by atoms with Crippen molar-refractivity contribution in [2.24, 2.45) is 0 Å². The molecule has 0 amide bonds. The maximum atomic E-state index is 12.7. The lowest BCUT2D eigenvalue weighted by Gasteiger charge is -2.18. The van der Waals surface area contributed by atoms with Crippen LogP contribution in [0.4, 0.5) is 17.6 Å². The number of hydrogen-bond donors (Lipinski definition) is 0. The molecule has 7 heteroatoms. The largest absolute Gasteiger partial charge is 0.462 e.